The second kappa shape index (κ2) is 12.8. The molecule has 1 aromatic heterocycles. The maximum absolute atomic E-state index is 13.5. The lowest BCUT2D eigenvalue weighted by molar-refractivity contribution is -0.118. The number of ether oxygens (including phenoxy) is 1. The van der Waals surface area contributed by atoms with Gasteiger partial charge in [-0.15, -0.1) is 0 Å². The lowest BCUT2D eigenvalue weighted by Crippen LogP contribution is -2.23. The summed E-state index contributed by atoms with van der Waals surface area (Å²) in [6.45, 7) is 9.91. The van der Waals surface area contributed by atoms with E-state index in [9.17, 15) is 9.18 Å². The molecule has 0 bridgehead atoms. The molecule has 1 aromatic carbocycles. The minimum atomic E-state index is -1.20. The van der Waals surface area contributed by atoms with Gasteiger partial charge >= 0.3 is 0 Å². The van der Waals surface area contributed by atoms with Gasteiger partial charge in [-0.25, -0.2) is 9.37 Å². The number of aromatic nitrogens is 2. The van der Waals surface area contributed by atoms with Crippen LogP contribution in [-0.2, 0) is 16.3 Å². The molecule has 178 valence electrons. The number of nitrogens with zero attached hydrogens (tertiary/aromatic N) is 2. The largest absolute Gasteiger partial charge is 0.361 e. The van der Waals surface area contributed by atoms with Crippen molar-refractivity contribution in [1.82, 2.24) is 9.55 Å². The van der Waals surface area contributed by atoms with Gasteiger partial charge in [0.05, 0.1) is 5.69 Å². The Kier molecular flexibility index (Phi) is 10.7. The standard InChI is InChI=1S/C24H37BrFN3O2Si/c1-5-20(30)9-7-6-8-10-21(27)22-23(25)28-24(18-11-13-19(26)14-12-18)29(22)17-31-15-16-32(2,3)4/h11-14,21H,5-10,15-17,27H2,1-4H3/t21-/m0/s1. The van der Waals surface area contributed by atoms with Crippen LogP contribution in [0.3, 0.4) is 0 Å². The van der Waals surface area contributed by atoms with Crippen LogP contribution >= 0.6 is 15.9 Å². The molecule has 0 spiro atoms. The number of ketones is 1. The predicted octanol–water partition coefficient (Wildman–Crippen LogP) is 6.69. The van der Waals surface area contributed by atoms with E-state index in [0.717, 1.165) is 43.0 Å². The number of halogens is 2. The molecule has 0 aliphatic carbocycles. The zero-order valence-electron chi connectivity index (χ0n) is 19.8. The summed E-state index contributed by atoms with van der Waals surface area (Å²) < 4.78 is 22.2. The zero-order valence-corrected chi connectivity index (χ0v) is 22.4. The van der Waals surface area contributed by atoms with Crippen LogP contribution < -0.4 is 5.73 Å². The van der Waals surface area contributed by atoms with Gasteiger partial charge in [0.1, 0.15) is 28.8 Å². The number of Topliss-reactive ketones (excluding diaryl/α,β-unsaturated/α-hetero) is 1. The van der Waals surface area contributed by atoms with Crippen LogP contribution in [0.25, 0.3) is 11.4 Å². The molecular formula is C24H37BrFN3O2Si. The van der Waals surface area contributed by atoms with Crippen molar-refractivity contribution in [2.24, 2.45) is 5.73 Å². The first-order valence-electron chi connectivity index (χ1n) is 11.5. The number of rotatable bonds is 14. The summed E-state index contributed by atoms with van der Waals surface area (Å²) in [7, 11) is -1.20. The first-order chi connectivity index (χ1) is 15.1. The maximum atomic E-state index is 13.5. The van der Waals surface area contributed by atoms with Gasteiger partial charge in [0, 0.05) is 39.1 Å². The van der Waals surface area contributed by atoms with Gasteiger partial charge in [0.15, 0.2) is 0 Å². The number of imidazole rings is 1. The Morgan fingerprint density at radius 2 is 1.91 bits per heavy atom. The van der Waals surface area contributed by atoms with E-state index in [-0.39, 0.29) is 11.9 Å². The normalized spacial score (nSPS) is 12.8. The minimum absolute atomic E-state index is 0.214. The molecule has 1 atom stereocenters. The van der Waals surface area contributed by atoms with Crippen molar-refractivity contribution >= 4 is 29.8 Å². The van der Waals surface area contributed by atoms with E-state index in [4.69, 9.17) is 15.5 Å². The molecule has 0 aliphatic heterocycles. The molecule has 0 saturated heterocycles. The van der Waals surface area contributed by atoms with Gasteiger partial charge in [-0.1, -0.05) is 39.4 Å². The Morgan fingerprint density at radius 1 is 1.22 bits per heavy atom. The lowest BCUT2D eigenvalue weighted by atomic mass is 10.0. The molecule has 8 heteroatoms. The molecule has 32 heavy (non-hydrogen) atoms. The van der Waals surface area contributed by atoms with Crippen LogP contribution in [0.5, 0.6) is 0 Å². The smallest absolute Gasteiger partial charge is 0.143 e. The van der Waals surface area contributed by atoms with Crippen molar-refractivity contribution in [2.75, 3.05) is 6.61 Å². The highest BCUT2D eigenvalue weighted by atomic mass is 79.9. The molecule has 0 fully saturated rings. The third kappa shape index (κ3) is 8.54. The van der Waals surface area contributed by atoms with Crippen LogP contribution in [0.4, 0.5) is 4.39 Å². The van der Waals surface area contributed by atoms with E-state index in [1.807, 2.05) is 11.5 Å². The number of benzene rings is 1. The molecule has 2 N–H and O–H groups in total. The highest BCUT2D eigenvalue weighted by Gasteiger charge is 2.22. The van der Waals surface area contributed by atoms with Gasteiger partial charge in [0.2, 0.25) is 0 Å². The summed E-state index contributed by atoms with van der Waals surface area (Å²) in [6.07, 6.45) is 4.87. The van der Waals surface area contributed by atoms with E-state index in [2.05, 4.69) is 35.6 Å². The van der Waals surface area contributed by atoms with Crippen molar-refractivity contribution in [3.63, 3.8) is 0 Å². The third-order valence-electron chi connectivity index (χ3n) is 5.50. The second-order valence-corrected chi connectivity index (χ2v) is 15.9. The van der Waals surface area contributed by atoms with Crippen molar-refractivity contribution < 1.29 is 13.9 Å². The molecule has 0 radical (unpaired) electrons. The van der Waals surface area contributed by atoms with Crippen molar-refractivity contribution in [1.29, 1.82) is 0 Å². The van der Waals surface area contributed by atoms with Crippen molar-refractivity contribution in [3.8, 4) is 11.4 Å². The SMILES string of the molecule is CCC(=O)CCCCC[C@H](N)c1c(Br)nc(-c2ccc(F)cc2)n1COCC[Si](C)(C)C. The Bertz CT molecular complexity index is 865. The van der Waals surface area contributed by atoms with Gasteiger partial charge in [-0.2, -0.15) is 0 Å². The topological polar surface area (TPSA) is 70.1 Å². The highest BCUT2D eigenvalue weighted by molar-refractivity contribution is 9.10. The van der Waals surface area contributed by atoms with Crippen LogP contribution in [0.15, 0.2) is 28.9 Å². The first kappa shape index (κ1) is 26.9. The molecule has 1 heterocycles. The van der Waals surface area contributed by atoms with Gasteiger partial charge in [0.25, 0.3) is 0 Å². The molecule has 0 aliphatic rings. The quantitative estimate of drug-likeness (QED) is 0.220. The summed E-state index contributed by atoms with van der Waals surface area (Å²) in [5.74, 6) is 0.745. The molecule has 2 aromatic rings. The second-order valence-electron chi connectivity index (χ2n) is 9.49. The van der Waals surface area contributed by atoms with Crippen LogP contribution in [0, 0.1) is 5.82 Å². The number of carbonyl (C=O) groups excluding carboxylic acids is 1. The molecule has 5 nitrogen and oxygen atoms in total. The van der Waals surface area contributed by atoms with E-state index in [1.165, 1.54) is 12.1 Å². The molecular weight excluding hydrogens is 489 g/mol. The first-order valence-corrected chi connectivity index (χ1v) is 16.0. The summed E-state index contributed by atoms with van der Waals surface area (Å²) in [6, 6.07) is 7.18. The molecule has 0 unspecified atom stereocenters. The van der Waals surface area contributed by atoms with Crippen LogP contribution in [-0.4, -0.2) is 30.0 Å². The van der Waals surface area contributed by atoms with E-state index in [1.54, 1.807) is 12.1 Å². The Morgan fingerprint density at radius 3 is 2.53 bits per heavy atom. The van der Waals surface area contributed by atoms with Crippen molar-refractivity contribution in [2.45, 2.75) is 83.9 Å². The average Bonchev–Trinajstić information content (AvgIpc) is 3.06. The van der Waals surface area contributed by atoms with Crippen LogP contribution in [0.1, 0.15) is 57.2 Å². The summed E-state index contributed by atoms with van der Waals surface area (Å²) in [5.41, 5.74) is 8.30. The number of carbonyl (C=O) groups is 1. The van der Waals surface area contributed by atoms with Crippen molar-refractivity contribution in [3.05, 3.63) is 40.4 Å². The monoisotopic (exact) mass is 525 g/mol. The molecule has 0 amide bonds. The van der Waals surface area contributed by atoms with Gasteiger partial charge in [-0.05, 0) is 59.1 Å². The third-order valence-corrected chi connectivity index (χ3v) is 7.79. The number of hydrogen-bond acceptors (Lipinski definition) is 4. The van der Waals surface area contributed by atoms with E-state index in [0.29, 0.717) is 42.4 Å². The fourth-order valence-corrected chi connectivity index (χ4v) is 4.88. The summed E-state index contributed by atoms with van der Waals surface area (Å²) in [5, 5.41) is 0. The number of hydrogen-bond donors (Lipinski definition) is 1. The Hall–Kier alpha value is -1.35. The predicted molar refractivity (Wildman–Crippen MR) is 135 cm³/mol. The summed E-state index contributed by atoms with van der Waals surface area (Å²) >= 11 is 3.59. The molecule has 2 rings (SSSR count). The zero-order chi connectivity index (χ0) is 23.7. The van der Waals surface area contributed by atoms with Gasteiger partial charge in [-0.3, -0.25) is 4.79 Å². The average molecular weight is 527 g/mol. The highest BCUT2D eigenvalue weighted by Crippen LogP contribution is 2.31. The fraction of sp³-hybridized carbons (Fsp3) is 0.583. The Labute approximate surface area is 201 Å². The van der Waals surface area contributed by atoms with Crippen LogP contribution in [0.2, 0.25) is 25.7 Å². The lowest BCUT2D eigenvalue weighted by Gasteiger charge is -2.19. The number of nitrogens with two attached hydrogens (primary N) is 1. The van der Waals surface area contributed by atoms with E-state index < -0.39 is 8.07 Å². The number of unbranched alkanes of at least 4 members (excludes halogenated alkanes) is 2. The fourth-order valence-electron chi connectivity index (χ4n) is 3.45. The van der Waals surface area contributed by atoms with E-state index >= 15 is 0 Å². The summed E-state index contributed by atoms with van der Waals surface area (Å²) in [4.78, 5) is 16.2. The maximum Gasteiger partial charge on any atom is 0.143 e. The minimum Gasteiger partial charge on any atom is -0.361 e. The van der Waals surface area contributed by atoms with Gasteiger partial charge < -0.3 is 15.0 Å². The molecule has 0 saturated carbocycles. The Balaban J connectivity index is 2.14.